The second-order valence-corrected chi connectivity index (χ2v) is 3.61. The first-order valence-electron chi connectivity index (χ1n) is 4.87. The van der Waals surface area contributed by atoms with Gasteiger partial charge in [-0.1, -0.05) is 11.6 Å². The molecule has 0 amide bonds. The van der Waals surface area contributed by atoms with Crippen molar-refractivity contribution < 1.29 is 9.53 Å². The highest BCUT2D eigenvalue weighted by molar-refractivity contribution is 5.98. The van der Waals surface area contributed by atoms with Crippen LogP contribution in [-0.4, -0.2) is 18.1 Å². The molecule has 2 N–H and O–H groups in total. The minimum atomic E-state index is -0.464. The van der Waals surface area contributed by atoms with Gasteiger partial charge in [-0.2, -0.15) is 0 Å². The summed E-state index contributed by atoms with van der Waals surface area (Å²) in [7, 11) is 1.32. The van der Waals surface area contributed by atoms with Gasteiger partial charge in [0.05, 0.1) is 12.6 Å². The maximum Gasteiger partial charge on any atom is 0.341 e. The van der Waals surface area contributed by atoms with Gasteiger partial charge in [0.2, 0.25) is 0 Å². The number of aryl methyl sites for hydroxylation is 1. The Labute approximate surface area is 93.0 Å². The average Bonchev–Trinajstić information content (AvgIpc) is 2.28. The van der Waals surface area contributed by atoms with Gasteiger partial charge in [0.1, 0.15) is 11.4 Å². The lowest BCUT2D eigenvalue weighted by atomic mass is 10.1. The Morgan fingerprint density at radius 3 is 2.81 bits per heavy atom. The summed E-state index contributed by atoms with van der Waals surface area (Å²) in [5.74, 6) is -0.267. The average molecular weight is 216 g/mol. The number of nitrogens with zero attached hydrogens (tertiary/aromatic N) is 1. The maximum atomic E-state index is 11.4. The predicted molar refractivity (Wildman–Crippen MR) is 62.2 cm³/mol. The van der Waals surface area contributed by atoms with E-state index < -0.39 is 5.97 Å². The number of rotatable bonds is 1. The van der Waals surface area contributed by atoms with E-state index in [2.05, 4.69) is 9.72 Å². The standard InChI is InChI=1S/C12H12N2O2/c1-7-3-4-10-8(5-7)6-9(11(13)14-10)12(15)16-2/h3-6H,1-2H3,(H2,13,14). The molecule has 0 saturated carbocycles. The van der Waals surface area contributed by atoms with Crippen LogP contribution >= 0.6 is 0 Å². The van der Waals surface area contributed by atoms with Gasteiger partial charge in [0, 0.05) is 5.39 Å². The Morgan fingerprint density at radius 2 is 2.12 bits per heavy atom. The number of esters is 1. The first-order valence-corrected chi connectivity index (χ1v) is 4.87. The molecule has 0 unspecified atom stereocenters. The number of fused-ring (bicyclic) bond motifs is 1. The highest BCUT2D eigenvalue weighted by Crippen LogP contribution is 2.20. The van der Waals surface area contributed by atoms with Crippen LogP contribution in [0.5, 0.6) is 0 Å². The van der Waals surface area contributed by atoms with Crippen LogP contribution in [0.25, 0.3) is 10.9 Å². The molecule has 82 valence electrons. The summed E-state index contributed by atoms with van der Waals surface area (Å²) >= 11 is 0. The zero-order chi connectivity index (χ0) is 11.7. The predicted octanol–water partition coefficient (Wildman–Crippen LogP) is 1.91. The molecule has 0 aliphatic rings. The van der Waals surface area contributed by atoms with Crippen LogP contribution < -0.4 is 5.73 Å². The normalized spacial score (nSPS) is 10.4. The molecule has 0 bridgehead atoms. The number of hydrogen-bond acceptors (Lipinski definition) is 4. The molecule has 0 saturated heterocycles. The molecule has 2 aromatic rings. The van der Waals surface area contributed by atoms with E-state index in [0.29, 0.717) is 5.56 Å². The number of carbonyl (C=O) groups is 1. The van der Waals surface area contributed by atoms with Crippen molar-refractivity contribution in [3.63, 3.8) is 0 Å². The minimum Gasteiger partial charge on any atom is -0.465 e. The molecule has 1 aromatic heterocycles. The fourth-order valence-electron chi connectivity index (χ4n) is 1.58. The first kappa shape index (κ1) is 10.4. The number of aromatic nitrogens is 1. The monoisotopic (exact) mass is 216 g/mol. The lowest BCUT2D eigenvalue weighted by molar-refractivity contribution is 0.0602. The maximum absolute atomic E-state index is 11.4. The number of ether oxygens (including phenoxy) is 1. The van der Waals surface area contributed by atoms with E-state index in [9.17, 15) is 4.79 Å². The molecular weight excluding hydrogens is 204 g/mol. The summed E-state index contributed by atoms with van der Waals surface area (Å²) in [6, 6.07) is 7.49. The third-order valence-electron chi connectivity index (χ3n) is 2.41. The van der Waals surface area contributed by atoms with Crippen molar-refractivity contribution in [2.45, 2.75) is 6.92 Å². The zero-order valence-electron chi connectivity index (χ0n) is 9.15. The van der Waals surface area contributed by atoms with Gasteiger partial charge >= 0.3 is 5.97 Å². The van der Waals surface area contributed by atoms with E-state index in [0.717, 1.165) is 16.5 Å². The number of hydrogen-bond donors (Lipinski definition) is 1. The molecule has 0 radical (unpaired) electrons. The van der Waals surface area contributed by atoms with E-state index in [1.807, 2.05) is 25.1 Å². The van der Waals surface area contributed by atoms with Gasteiger partial charge < -0.3 is 10.5 Å². The number of nitrogen functional groups attached to an aromatic ring is 1. The van der Waals surface area contributed by atoms with Crippen molar-refractivity contribution in [3.8, 4) is 0 Å². The highest BCUT2D eigenvalue weighted by atomic mass is 16.5. The van der Waals surface area contributed by atoms with Crippen LogP contribution in [0.4, 0.5) is 5.82 Å². The molecule has 1 heterocycles. The van der Waals surface area contributed by atoms with Crippen LogP contribution in [0.1, 0.15) is 15.9 Å². The molecule has 0 atom stereocenters. The highest BCUT2D eigenvalue weighted by Gasteiger charge is 2.12. The topological polar surface area (TPSA) is 65.2 Å². The second-order valence-electron chi connectivity index (χ2n) is 3.61. The van der Waals surface area contributed by atoms with Crippen LogP contribution in [0.3, 0.4) is 0 Å². The Hall–Kier alpha value is -2.10. The number of pyridine rings is 1. The molecule has 4 nitrogen and oxygen atoms in total. The Kier molecular flexibility index (Phi) is 2.48. The molecule has 0 aliphatic carbocycles. The van der Waals surface area contributed by atoms with E-state index in [-0.39, 0.29) is 5.82 Å². The van der Waals surface area contributed by atoms with Gasteiger partial charge in [-0.15, -0.1) is 0 Å². The quantitative estimate of drug-likeness (QED) is 0.739. The van der Waals surface area contributed by atoms with Gasteiger partial charge in [-0.3, -0.25) is 0 Å². The van der Waals surface area contributed by atoms with E-state index in [4.69, 9.17) is 5.73 Å². The lowest BCUT2D eigenvalue weighted by Crippen LogP contribution is -2.07. The lowest BCUT2D eigenvalue weighted by Gasteiger charge is -2.05. The molecule has 1 aromatic carbocycles. The van der Waals surface area contributed by atoms with Crippen LogP contribution in [-0.2, 0) is 4.74 Å². The molecule has 0 aliphatic heterocycles. The summed E-state index contributed by atoms with van der Waals surface area (Å²) in [6.07, 6.45) is 0. The van der Waals surface area contributed by atoms with Crippen LogP contribution in [0.2, 0.25) is 0 Å². The molecule has 0 spiro atoms. The molecular formula is C12H12N2O2. The third-order valence-corrected chi connectivity index (χ3v) is 2.41. The molecule has 2 rings (SSSR count). The van der Waals surface area contributed by atoms with E-state index >= 15 is 0 Å². The number of anilines is 1. The smallest absolute Gasteiger partial charge is 0.341 e. The van der Waals surface area contributed by atoms with Crippen molar-refractivity contribution in [1.82, 2.24) is 4.98 Å². The Morgan fingerprint density at radius 1 is 1.38 bits per heavy atom. The summed E-state index contributed by atoms with van der Waals surface area (Å²) in [6.45, 7) is 1.98. The zero-order valence-corrected chi connectivity index (χ0v) is 9.15. The van der Waals surface area contributed by atoms with Crippen molar-refractivity contribution in [2.24, 2.45) is 0 Å². The third kappa shape index (κ3) is 1.69. The molecule has 4 heteroatoms. The number of carbonyl (C=O) groups excluding carboxylic acids is 1. The van der Waals surface area contributed by atoms with Gasteiger partial charge in [0.25, 0.3) is 0 Å². The van der Waals surface area contributed by atoms with Crippen molar-refractivity contribution in [2.75, 3.05) is 12.8 Å². The number of methoxy groups -OCH3 is 1. The number of nitrogens with two attached hydrogens (primary N) is 1. The number of benzene rings is 1. The SMILES string of the molecule is COC(=O)c1cc2cc(C)ccc2nc1N. The summed E-state index contributed by atoms with van der Waals surface area (Å²) in [5.41, 5.74) is 7.88. The summed E-state index contributed by atoms with van der Waals surface area (Å²) in [4.78, 5) is 15.6. The fourth-order valence-corrected chi connectivity index (χ4v) is 1.58. The van der Waals surface area contributed by atoms with Gasteiger partial charge in [0.15, 0.2) is 0 Å². The van der Waals surface area contributed by atoms with E-state index in [1.54, 1.807) is 6.07 Å². The molecule has 16 heavy (non-hydrogen) atoms. The van der Waals surface area contributed by atoms with Crippen LogP contribution in [0.15, 0.2) is 24.3 Å². The largest absolute Gasteiger partial charge is 0.465 e. The van der Waals surface area contributed by atoms with Gasteiger partial charge in [-0.25, -0.2) is 9.78 Å². The van der Waals surface area contributed by atoms with E-state index in [1.165, 1.54) is 7.11 Å². The van der Waals surface area contributed by atoms with Crippen molar-refractivity contribution in [3.05, 3.63) is 35.4 Å². The van der Waals surface area contributed by atoms with Crippen molar-refractivity contribution in [1.29, 1.82) is 0 Å². The van der Waals surface area contributed by atoms with Crippen LogP contribution in [0, 0.1) is 6.92 Å². The Balaban J connectivity index is 2.68. The second kappa shape index (κ2) is 3.81. The van der Waals surface area contributed by atoms with Gasteiger partial charge in [-0.05, 0) is 25.1 Å². The summed E-state index contributed by atoms with van der Waals surface area (Å²) < 4.78 is 4.64. The van der Waals surface area contributed by atoms with Crippen molar-refractivity contribution >= 4 is 22.7 Å². The fraction of sp³-hybridized carbons (Fsp3) is 0.167. The first-order chi connectivity index (χ1) is 7.61. The summed E-state index contributed by atoms with van der Waals surface area (Å²) in [5, 5.41) is 0.884. The molecule has 0 fully saturated rings. The Bertz CT molecular complexity index is 564. The minimum absolute atomic E-state index is 0.197.